The third kappa shape index (κ3) is 4.03. The Balaban J connectivity index is 2.23. The van der Waals surface area contributed by atoms with E-state index >= 15 is 0 Å². The van der Waals surface area contributed by atoms with Gasteiger partial charge in [0.2, 0.25) is 0 Å². The second-order valence-electron chi connectivity index (χ2n) is 6.39. The van der Waals surface area contributed by atoms with Crippen LogP contribution in [0.1, 0.15) is 48.9 Å². The third-order valence-corrected chi connectivity index (χ3v) is 4.51. The smallest absolute Gasteiger partial charge is 0.331 e. The van der Waals surface area contributed by atoms with Gasteiger partial charge in [-0.25, -0.2) is 4.79 Å². The van der Waals surface area contributed by atoms with Gasteiger partial charge in [-0.1, -0.05) is 31.7 Å². The van der Waals surface area contributed by atoms with Gasteiger partial charge in [0.15, 0.2) is 0 Å². The number of rotatable bonds is 4. The Bertz CT molecular complexity index is 561. The molecule has 1 aliphatic carbocycles. The van der Waals surface area contributed by atoms with E-state index in [-0.39, 0.29) is 11.9 Å². The first kappa shape index (κ1) is 17.3. The molecular weight excluding hydrogens is 292 g/mol. The number of carbonyl (C=O) groups excluding carboxylic acids is 2. The van der Waals surface area contributed by atoms with E-state index in [4.69, 9.17) is 4.74 Å². The highest BCUT2D eigenvalue weighted by Gasteiger charge is 2.41. The third-order valence-electron chi connectivity index (χ3n) is 4.51. The Morgan fingerprint density at radius 2 is 1.78 bits per heavy atom. The highest BCUT2D eigenvalue weighted by Crippen LogP contribution is 2.29. The van der Waals surface area contributed by atoms with Gasteiger partial charge in [-0.05, 0) is 31.0 Å². The number of methoxy groups -OCH3 is 1. The standard InChI is InChI=1S/C18H26N2O3/c1-20(2)15-10-8-9-14(13-15)16(21)19-18(17(22)23-3)11-6-4-5-7-12-18/h8-10,13H,4-7,11-12H2,1-3H3,(H,19,21). The minimum atomic E-state index is -0.892. The SMILES string of the molecule is COC(=O)C1(NC(=O)c2cccc(N(C)C)c2)CCCCCC1. The van der Waals surface area contributed by atoms with Crippen LogP contribution in [0.15, 0.2) is 24.3 Å². The summed E-state index contributed by atoms with van der Waals surface area (Å²) in [6.07, 6.45) is 5.30. The van der Waals surface area contributed by atoms with Crippen molar-refractivity contribution in [3.05, 3.63) is 29.8 Å². The van der Waals surface area contributed by atoms with Gasteiger partial charge in [-0.3, -0.25) is 4.79 Å². The lowest BCUT2D eigenvalue weighted by Crippen LogP contribution is -2.54. The number of esters is 1. The molecule has 2 rings (SSSR count). The molecule has 1 amide bonds. The van der Waals surface area contributed by atoms with E-state index in [0.29, 0.717) is 18.4 Å². The average Bonchev–Trinajstić information content (AvgIpc) is 2.80. The highest BCUT2D eigenvalue weighted by atomic mass is 16.5. The molecule has 1 saturated carbocycles. The van der Waals surface area contributed by atoms with Crippen molar-refractivity contribution in [1.82, 2.24) is 5.32 Å². The van der Waals surface area contributed by atoms with Crippen molar-refractivity contribution in [3.8, 4) is 0 Å². The molecule has 0 spiro atoms. The summed E-state index contributed by atoms with van der Waals surface area (Å²) in [5.41, 5.74) is 0.616. The van der Waals surface area contributed by atoms with Gasteiger partial charge in [-0.15, -0.1) is 0 Å². The molecule has 0 saturated heterocycles. The number of ether oxygens (including phenoxy) is 1. The zero-order valence-corrected chi connectivity index (χ0v) is 14.2. The molecule has 5 heteroatoms. The fourth-order valence-electron chi connectivity index (χ4n) is 3.12. The second-order valence-corrected chi connectivity index (χ2v) is 6.39. The number of nitrogens with zero attached hydrogens (tertiary/aromatic N) is 1. The van der Waals surface area contributed by atoms with Crippen molar-refractivity contribution in [1.29, 1.82) is 0 Å². The molecule has 1 aliphatic rings. The molecule has 0 radical (unpaired) electrons. The van der Waals surface area contributed by atoms with E-state index in [1.807, 2.05) is 37.2 Å². The molecule has 5 nitrogen and oxygen atoms in total. The first-order chi connectivity index (χ1) is 11.0. The first-order valence-electron chi connectivity index (χ1n) is 8.17. The molecule has 0 heterocycles. The van der Waals surface area contributed by atoms with Crippen LogP contribution >= 0.6 is 0 Å². The number of hydrogen-bond acceptors (Lipinski definition) is 4. The van der Waals surface area contributed by atoms with Gasteiger partial charge < -0.3 is 15.0 Å². The van der Waals surface area contributed by atoms with Crippen LogP contribution in [0.3, 0.4) is 0 Å². The molecule has 1 fully saturated rings. The zero-order chi connectivity index (χ0) is 16.9. The maximum atomic E-state index is 12.7. The average molecular weight is 318 g/mol. The summed E-state index contributed by atoms with van der Waals surface area (Å²) in [5.74, 6) is -0.558. The molecule has 126 valence electrons. The second kappa shape index (κ2) is 7.49. The van der Waals surface area contributed by atoms with E-state index in [1.54, 1.807) is 6.07 Å². The van der Waals surface area contributed by atoms with E-state index in [0.717, 1.165) is 31.4 Å². The molecular formula is C18H26N2O3. The molecule has 0 atom stereocenters. The van der Waals surface area contributed by atoms with Crippen molar-refractivity contribution in [2.75, 3.05) is 26.1 Å². The van der Waals surface area contributed by atoms with Crippen molar-refractivity contribution >= 4 is 17.6 Å². The van der Waals surface area contributed by atoms with E-state index in [9.17, 15) is 9.59 Å². The predicted octanol–water partition coefficient (Wildman–Crippen LogP) is 2.75. The van der Waals surface area contributed by atoms with E-state index in [1.165, 1.54) is 7.11 Å². The van der Waals surface area contributed by atoms with Crippen LogP contribution in [0, 0.1) is 0 Å². The number of carbonyl (C=O) groups is 2. The van der Waals surface area contributed by atoms with E-state index < -0.39 is 5.54 Å². The normalized spacial score (nSPS) is 17.0. The summed E-state index contributed by atoms with van der Waals surface area (Å²) in [6, 6.07) is 7.39. The lowest BCUT2D eigenvalue weighted by molar-refractivity contribution is -0.148. The maximum Gasteiger partial charge on any atom is 0.331 e. The minimum absolute atomic E-state index is 0.221. The number of hydrogen-bond donors (Lipinski definition) is 1. The molecule has 1 aromatic carbocycles. The summed E-state index contributed by atoms with van der Waals surface area (Å²) < 4.78 is 4.99. The van der Waals surface area contributed by atoms with Crippen LogP contribution in [0.4, 0.5) is 5.69 Å². The van der Waals surface area contributed by atoms with Gasteiger partial charge in [0, 0.05) is 25.3 Å². The number of anilines is 1. The summed E-state index contributed by atoms with van der Waals surface area (Å²) >= 11 is 0. The van der Waals surface area contributed by atoms with Crippen molar-refractivity contribution < 1.29 is 14.3 Å². The summed E-state index contributed by atoms with van der Waals surface area (Å²) in [7, 11) is 5.24. The minimum Gasteiger partial charge on any atom is -0.467 e. The maximum absolute atomic E-state index is 12.7. The van der Waals surface area contributed by atoms with Gasteiger partial charge in [0.05, 0.1) is 7.11 Å². The number of amides is 1. The Morgan fingerprint density at radius 3 is 2.35 bits per heavy atom. The lowest BCUT2D eigenvalue weighted by atomic mass is 9.89. The van der Waals surface area contributed by atoms with Crippen molar-refractivity contribution in [2.24, 2.45) is 0 Å². The Morgan fingerprint density at radius 1 is 1.13 bits per heavy atom. The summed E-state index contributed by atoms with van der Waals surface area (Å²) in [5, 5.41) is 2.97. The molecule has 0 bridgehead atoms. The van der Waals surface area contributed by atoms with E-state index in [2.05, 4.69) is 5.32 Å². The van der Waals surface area contributed by atoms with Gasteiger partial charge in [0.25, 0.3) is 5.91 Å². The molecule has 0 aromatic heterocycles. The predicted molar refractivity (Wildman–Crippen MR) is 90.7 cm³/mol. The Hall–Kier alpha value is -2.04. The summed E-state index contributed by atoms with van der Waals surface area (Å²) in [6.45, 7) is 0. The fraction of sp³-hybridized carbons (Fsp3) is 0.556. The molecule has 1 N–H and O–H groups in total. The topological polar surface area (TPSA) is 58.6 Å². The van der Waals surface area contributed by atoms with Crippen LogP contribution in [0.25, 0.3) is 0 Å². The zero-order valence-electron chi connectivity index (χ0n) is 14.2. The Labute approximate surface area is 138 Å². The quantitative estimate of drug-likeness (QED) is 0.685. The van der Waals surface area contributed by atoms with Crippen LogP contribution in [0.5, 0.6) is 0 Å². The van der Waals surface area contributed by atoms with Crippen LogP contribution in [-0.4, -0.2) is 38.6 Å². The van der Waals surface area contributed by atoms with Crippen LogP contribution < -0.4 is 10.2 Å². The monoisotopic (exact) mass is 318 g/mol. The highest BCUT2D eigenvalue weighted by molar-refractivity contribution is 5.98. The largest absolute Gasteiger partial charge is 0.467 e. The fourth-order valence-corrected chi connectivity index (χ4v) is 3.12. The molecule has 0 aliphatic heterocycles. The number of benzene rings is 1. The number of nitrogens with one attached hydrogen (secondary N) is 1. The molecule has 0 unspecified atom stereocenters. The van der Waals surface area contributed by atoms with Gasteiger partial charge >= 0.3 is 5.97 Å². The van der Waals surface area contributed by atoms with Crippen LogP contribution in [-0.2, 0) is 9.53 Å². The lowest BCUT2D eigenvalue weighted by Gasteiger charge is -2.31. The van der Waals surface area contributed by atoms with Crippen molar-refractivity contribution in [2.45, 2.75) is 44.1 Å². The van der Waals surface area contributed by atoms with Crippen LogP contribution in [0.2, 0.25) is 0 Å². The first-order valence-corrected chi connectivity index (χ1v) is 8.17. The molecule has 23 heavy (non-hydrogen) atoms. The van der Waals surface area contributed by atoms with Gasteiger partial charge in [0.1, 0.15) is 5.54 Å². The van der Waals surface area contributed by atoms with Crippen molar-refractivity contribution in [3.63, 3.8) is 0 Å². The summed E-state index contributed by atoms with van der Waals surface area (Å²) in [4.78, 5) is 27.0. The van der Waals surface area contributed by atoms with Gasteiger partial charge in [-0.2, -0.15) is 0 Å². The molecule has 1 aromatic rings. The Kier molecular flexibility index (Phi) is 5.64.